The number of aromatic nitrogens is 1. The first-order valence-electron chi connectivity index (χ1n) is 26.8. The quantitative estimate of drug-likeness (QED) is 0.176. The molecule has 0 saturated heterocycles. The maximum absolute atomic E-state index is 6.63. The molecule has 3 heteroatoms. The molecule has 12 aromatic carbocycles. The number of nitrogens with zero attached hydrogens (tertiary/aromatic N) is 1. The van der Waals surface area contributed by atoms with E-state index in [-0.39, 0.29) is 0 Å². The largest absolute Gasteiger partial charge is 0.455 e. The second-order valence-corrected chi connectivity index (χ2v) is 21.1. The van der Waals surface area contributed by atoms with E-state index in [0.717, 1.165) is 38.8 Å². The highest BCUT2D eigenvalue weighted by atomic mass is 16.3. The van der Waals surface area contributed by atoms with Gasteiger partial charge in [0.05, 0.1) is 27.6 Å². The molecule has 2 aromatic heterocycles. The third-order valence-corrected chi connectivity index (χ3v) is 17.6. The first kappa shape index (κ1) is 42.5. The van der Waals surface area contributed by atoms with Gasteiger partial charge in [-0.3, -0.25) is 0 Å². The van der Waals surface area contributed by atoms with E-state index in [1.807, 2.05) is 6.07 Å². The van der Waals surface area contributed by atoms with Crippen molar-refractivity contribution in [3.8, 4) is 39.1 Å². The monoisotopic (exact) mass is 979 g/mol. The van der Waals surface area contributed by atoms with E-state index in [0.29, 0.717) is 0 Å². The predicted octanol–water partition coefficient (Wildman–Crippen LogP) is 17.6. The van der Waals surface area contributed by atoms with E-state index >= 15 is 0 Å². The molecule has 77 heavy (non-hydrogen) atoms. The van der Waals surface area contributed by atoms with E-state index in [2.05, 4.69) is 278 Å². The zero-order valence-electron chi connectivity index (χ0n) is 41.9. The maximum atomic E-state index is 6.63. The maximum Gasteiger partial charge on any atom is 0.149 e. The van der Waals surface area contributed by atoms with Crippen LogP contribution in [0.5, 0.6) is 0 Å². The molecule has 0 fully saturated rings. The number of quaternary nitrogens is 1. The number of rotatable bonds is 6. The molecule has 0 bridgehead atoms. The molecular weight excluding hydrogens is 933 g/mol. The molecule has 358 valence electrons. The molecule has 0 amide bonds. The standard InChI is InChI=1S/C74H46N2O/c1-3-20-48(21-4-1)73(49-22-5-2-6-23-49)61-32-12-8-27-59(61)70-63(73)34-19-38-68(70)75(50-42-40-47(41-43-50)52-28-17-30-58-56-26-10-16-39-69(56)77-72(52)58)51-44-45-54-53-24-7-11-31-60(53)74(65(54)46-51)62-33-13-15-37-67(62)76-66-36-14-9-25-55(66)57-29-18-35-64(74)71(57)76/h1-46H/p+1. The van der Waals surface area contributed by atoms with Gasteiger partial charge in [-0.05, 0) is 103 Å². The summed E-state index contributed by atoms with van der Waals surface area (Å²) in [5, 5.41) is 4.80. The van der Waals surface area contributed by atoms with Gasteiger partial charge in [0.25, 0.3) is 0 Å². The van der Waals surface area contributed by atoms with Crippen LogP contribution in [-0.2, 0) is 10.8 Å². The van der Waals surface area contributed by atoms with Crippen LogP contribution >= 0.6 is 0 Å². The van der Waals surface area contributed by atoms with Crippen LogP contribution in [0.15, 0.2) is 283 Å². The number of hydrogen-bond donors (Lipinski definition) is 1. The Labute approximate surface area is 445 Å². The van der Waals surface area contributed by atoms with Gasteiger partial charge in [-0.15, -0.1) is 0 Å². The van der Waals surface area contributed by atoms with Crippen molar-refractivity contribution in [2.24, 2.45) is 0 Å². The highest BCUT2D eigenvalue weighted by Crippen LogP contribution is 2.62. The molecule has 1 N–H and O–H groups in total. The molecule has 0 radical (unpaired) electrons. The average molecular weight is 980 g/mol. The first-order chi connectivity index (χ1) is 38.2. The number of benzene rings is 12. The second-order valence-electron chi connectivity index (χ2n) is 21.1. The normalized spacial score (nSPS) is 15.6. The molecule has 1 aliphatic heterocycles. The molecule has 2 unspecified atom stereocenters. The molecule has 2 aliphatic carbocycles. The fourth-order valence-corrected chi connectivity index (χ4v) is 14.7. The van der Waals surface area contributed by atoms with E-state index in [9.17, 15) is 0 Å². The Balaban J connectivity index is 0.952. The summed E-state index contributed by atoms with van der Waals surface area (Å²) >= 11 is 0. The summed E-state index contributed by atoms with van der Waals surface area (Å²) in [5.41, 5.74) is 25.4. The summed E-state index contributed by atoms with van der Waals surface area (Å²) in [6.07, 6.45) is 0. The van der Waals surface area contributed by atoms with Crippen LogP contribution in [0.1, 0.15) is 44.5 Å². The molecule has 0 saturated carbocycles. The van der Waals surface area contributed by atoms with Gasteiger partial charge < -0.3 is 8.98 Å². The first-order valence-corrected chi connectivity index (χ1v) is 26.8. The number of hydrogen-bond acceptors (Lipinski definition) is 1. The van der Waals surface area contributed by atoms with Crippen molar-refractivity contribution in [1.82, 2.24) is 4.57 Å². The van der Waals surface area contributed by atoms with Crippen LogP contribution in [0.3, 0.4) is 0 Å². The summed E-state index contributed by atoms with van der Waals surface area (Å²) in [4.78, 5) is 1.19. The van der Waals surface area contributed by atoms with Gasteiger partial charge in [0.15, 0.2) is 0 Å². The minimum Gasteiger partial charge on any atom is -0.455 e. The van der Waals surface area contributed by atoms with Crippen LogP contribution in [0.2, 0.25) is 0 Å². The Morgan fingerprint density at radius 2 is 0.896 bits per heavy atom. The number of para-hydroxylation sites is 5. The van der Waals surface area contributed by atoms with Gasteiger partial charge in [0.1, 0.15) is 28.2 Å². The molecule has 2 atom stereocenters. The minimum atomic E-state index is -0.607. The predicted molar refractivity (Wildman–Crippen MR) is 314 cm³/mol. The van der Waals surface area contributed by atoms with Crippen molar-refractivity contribution in [2.75, 3.05) is 0 Å². The van der Waals surface area contributed by atoms with Crippen molar-refractivity contribution in [3.63, 3.8) is 0 Å². The van der Waals surface area contributed by atoms with Crippen molar-refractivity contribution in [2.45, 2.75) is 10.8 Å². The Morgan fingerprint density at radius 3 is 1.70 bits per heavy atom. The summed E-state index contributed by atoms with van der Waals surface area (Å²) in [6.45, 7) is 0. The van der Waals surface area contributed by atoms with Gasteiger partial charge in [-0.1, -0.05) is 212 Å². The Kier molecular flexibility index (Phi) is 8.76. The Bertz CT molecular complexity index is 4710. The van der Waals surface area contributed by atoms with Crippen LogP contribution in [0.25, 0.3) is 82.8 Å². The molecule has 17 rings (SSSR count). The molecule has 3 nitrogen and oxygen atoms in total. The zero-order chi connectivity index (χ0) is 50.4. The van der Waals surface area contributed by atoms with E-state index in [4.69, 9.17) is 4.42 Å². The molecule has 3 heterocycles. The molecule has 3 aliphatic rings. The smallest absolute Gasteiger partial charge is 0.149 e. The van der Waals surface area contributed by atoms with Crippen LogP contribution in [0, 0.1) is 0 Å². The van der Waals surface area contributed by atoms with Gasteiger partial charge >= 0.3 is 0 Å². The second kappa shape index (κ2) is 15.9. The minimum absolute atomic E-state index is 0.558. The fraction of sp³-hybridized carbons (Fsp3) is 0.0270. The van der Waals surface area contributed by atoms with Crippen LogP contribution in [0.4, 0.5) is 17.1 Å². The van der Waals surface area contributed by atoms with Crippen LogP contribution in [-0.4, -0.2) is 4.57 Å². The third kappa shape index (κ3) is 5.53. The third-order valence-electron chi connectivity index (χ3n) is 17.6. The Hall–Kier alpha value is -9.80. The molecule has 14 aromatic rings. The van der Waals surface area contributed by atoms with E-state index in [1.165, 1.54) is 111 Å². The van der Waals surface area contributed by atoms with Crippen molar-refractivity contribution < 1.29 is 9.32 Å². The highest BCUT2D eigenvalue weighted by molar-refractivity contribution is 6.13. The lowest BCUT2D eigenvalue weighted by Gasteiger charge is -2.39. The molecule has 1 spiro atoms. The van der Waals surface area contributed by atoms with Gasteiger partial charge in [-0.2, -0.15) is 0 Å². The van der Waals surface area contributed by atoms with Crippen LogP contribution < -0.4 is 4.90 Å². The SMILES string of the molecule is c1ccc(C2(c3ccccc3)c3ccccc3-c3c([NH+](c4ccc(-c5cccc6c5oc5ccccc56)cc4)c4ccc5c(c4)C4(c6ccccc6-5)c5ccccc5-n5c6ccccc6c6cccc4c65)cccc32)cc1. The number of nitrogens with one attached hydrogen (secondary N) is 1. The van der Waals surface area contributed by atoms with Gasteiger partial charge in [0, 0.05) is 63.0 Å². The number of furan rings is 1. The molecular formula is C74H47N2O+. The summed E-state index contributed by atoms with van der Waals surface area (Å²) in [7, 11) is 0. The highest BCUT2D eigenvalue weighted by Gasteiger charge is 2.52. The van der Waals surface area contributed by atoms with E-state index in [1.54, 1.807) is 0 Å². The lowest BCUT2D eigenvalue weighted by Crippen LogP contribution is -2.96. The topological polar surface area (TPSA) is 22.5 Å². The summed E-state index contributed by atoms with van der Waals surface area (Å²) < 4.78 is 9.17. The fourth-order valence-electron chi connectivity index (χ4n) is 14.7. The summed E-state index contributed by atoms with van der Waals surface area (Å²) in [5.74, 6) is 0. The Morgan fingerprint density at radius 1 is 0.338 bits per heavy atom. The van der Waals surface area contributed by atoms with Gasteiger partial charge in [-0.25, -0.2) is 4.90 Å². The number of fused-ring (bicyclic) bond motifs is 18. The van der Waals surface area contributed by atoms with Gasteiger partial charge in [0.2, 0.25) is 0 Å². The van der Waals surface area contributed by atoms with Crippen molar-refractivity contribution in [1.29, 1.82) is 0 Å². The van der Waals surface area contributed by atoms with E-state index < -0.39 is 10.8 Å². The zero-order valence-corrected chi connectivity index (χ0v) is 41.9. The average Bonchev–Trinajstić information content (AvgIpc) is 4.39. The van der Waals surface area contributed by atoms with Crippen molar-refractivity contribution >= 4 is 60.8 Å². The van der Waals surface area contributed by atoms with Crippen molar-refractivity contribution in [3.05, 3.63) is 324 Å². The summed E-state index contributed by atoms with van der Waals surface area (Å²) in [6, 6.07) is 104. The lowest BCUT2D eigenvalue weighted by atomic mass is 9.65. The lowest BCUT2D eigenvalue weighted by molar-refractivity contribution is -0.680.